The average Bonchev–Trinajstić information content (AvgIpc) is 2.48. The van der Waals surface area contributed by atoms with E-state index in [0.717, 1.165) is 6.07 Å². The third-order valence-electron chi connectivity index (χ3n) is 2.74. The molecule has 1 aliphatic heterocycles. The van der Waals surface area contributed by atoms with Gasteiger partial charge in [-0.2, -0.15) is 10.4 Å². The summed E-state index contributed by atoms with van der Waals surface area (Å²) >= 11 is 0. The van der Waals surface area contributed by atoms with Crippen LogP contribution in [0.15, 0.2) is 23.3 Å². The van der Waals surface area contributed by atoms with E-state index in [1.807, 2.05) is 0 Å². The van der Waals surface area contributed by atoms with Gasteiger partial charge in [0.25, 0.3) is 11.6 Å². The van der Waals surface area contributed by atoms with Crippen molar-refractivity contribution in [2.45, 2.75) is 12.8 Å². The maximum atomic E-state index is 11.9. The predicted octanol–water partition coefficient (Wildman–Crippen LogP) is 0.671. The van der Waals surface area contributed by atoms with Gasteiger partial charge in [0, 0.05) is 18.9 Å². The normalized spacial score (nSPS) is 13.7. The number of hydrogen-bond acceptors (Lipinski definition) is 6. The molecule has 1 aliphatic rings. The molecule has 0 atom stereocenters. The highest BCUT2D eigenvalue weighted by molar-refractivity contribution is 6.43. The monoisotopic (exact) mass is 287 g/mol. The SMILES string of the molecule is N#Cc1ccc(NC(=O)C2=NNC(=O)CC2)c([N+](=O)[O-])c1. The zero-order valence-corrected chi connectivity index (χ0v) is 10.6. The van der Waals surface area contributed by atoms with Crippen LogP contribution in [-0.4, -0.2) is 22.4 Å². The van der Waals surface area contributed by atoms with E-state index in [9.17, 15) is 19.7 Å². The zero-order valence-electron chi connectivity index (χ0n) is 10.6. The number of hydrogen-bond donors (Lipinski definition) is 2. The summed E-state index contributed by atoms with van der Waals surface area (Å²) in [7, 11) is 0. The number of carbonyl (C=O) groups is 2. The minimum Gasteiger partial charge on any atom is -0.315 e. The highest BCUT2D eigenvalue weighted by Gasteiger charge is 2.22. The van der Waals surface area contributed by atoms with Gasteiger partial charge in [-0.1, -0.05) is 0 Å². The quantitative estimate of drug-likeness (QED) is 0.621. The standard InChI is InChI=1S/C12H9N5O4/c13-6-7-1-2-8(10(5-7)17(20)21)14-12(19)9-3-4-11(18)16-15-9/h1-2,5H,3-4H2,(H,14,19)(H,16,18). The van der Waals surface area contributed by atoms with Gasteiger partial charge in [-0.05, 0) is 12.1 Å². The molecule has 0 spiro atoms. The van der Waals surface area contributed by atoms with Crippen molar-refractivity contribution in [2.75, 3.05) is 5.32 Å². The molecular formula is C12H9N5O4. The summed E-state index contributed by atoms with van der Waals surface area (Å²) in [5.41, 5.74) is 1.93. The Bertz CT molecular complexity index is 704. The Morgan fingerprint density at radius 3 is 2.81 bits per heavy atom. The van der Waals surface area contributed by atoms with Gasteiger partial charge in [0.05, 0.1) is 16.6 Å². The Morgan fingerprint density at radius 1 is 1.48 bits per heavy atom. The van der Waals surface area contributed by atoms with Crippen LogP contribution in [0.3, 0.4) is 0 Å². The number of nitro benzene ring substituents is 1. The lowest BCUT2D eigenvalue weighted by atomic mass is 10.1. The number of rotatable bonds is 3. The van der Waals surface area contributed by atoms with Gasteiger partial charge in [-0.25, -0.2) is 5.43 Å². The molecule has 2 rings (SSSR count). The van der Waals surface area contributed by atoms with Gasteiger partial charge in [-0.3, -0.25) is 19.7 Å². The summed E-state index contributed by atoms with van der Waals surface area (Å²) in [6, 6.07) is 5.48. The van der Waals surface area contributed by atoms with Gasteiger partial charge >= 0.3 is 0 Å². The molecule has 9 nitrogen and oxygen atoms in total. The highest BCUT2D eigenvalue weighted by Crippen LogP contribution is 2.25. The fourth-order valence-electron chi connectivity index (χ4n) is 1.69. The molecule has 9 heteroatoms. The first-order valence-corrected chi connectivity index (χ1v) is 5.86. The van der Waals surface area contributed by atoms with E-state index in [1.165, 1.54) is 12.1 Å². The van der Waals surface area contributed by atoms with E-state index in [0.29, 0.717) is 0 Å². The van der Waals surface area contributed by atoms with Crippen molar-refractivity contribution in [3.8, 4) is 6.07 Å². The van der Waals surface area contributed by atoms with Crippen LogP contribution in [0.2, 0.25) is 0 Å². The smallest absolute Gasteiger partial charge is 0.294 e. The van der Waals surface area contributed by atoms with Crippen molar-refractivity contribution >= 4 is 28.9 Å². The number of benzene rings is 1. The van der Waals surface area contributed by atoms with E-state index >= 15 is 0 Å². The lowest BCUT2D eigenvalue weighted by Gasteiger charge is -2.12. The molecular weight excluding hydrogens is 278 g/mol. The first-order chi connectivity index (χ1) is 10.0. The van der Waals surface area contributed by atoms with Crippen LogP contribution in [0, 0.1) is 21.4 Å². The molecule has 0 radical (unpaired) electrons. The maximum absolute atomic E-state index is 11.9. The van der Waals surface area contributed by atoms with Crippen LogP contribution in [-0.2, 0) is 9.59 Å². The van der Waals surface area contributed by atoms with Gasteiger partial charge in [0.15, 0.2) is 0 Å². The van der Waals surface area contributed by atoms with Crippen LogP contribution in [0.1, 0.15) is 18.4 Å². The van der Waals surface area contributed by atoms with Crippen molar-refractivity contribution < 1.29 is 14.5 Å². The lowest BCUT2D eigenvalue weighted by molar-refractivity contribution is -0.383. The van der Waals surface area contributed by atoms with E-state index < -0.39 is 10.8 Å². The zero-order chi connectivity index (χ0) is 15.4. The van der Waals surface area contributed by atoms with Crippen molar-refractivity contribution in [3.05, 3.63) is 33.9 Å². The number of nitriles is 1. The van der Waals surface area contributed by atoms with Gasteiger partial charge in [0.2, 0.25) is 5.91 Å². The minimum atomic E-state index is -0.694. The fourth-order valence-corrected chi connectivity index (χ4v) is 1.69. The van der Waals surface area contributed by atoms with Crippen molar-refractivity contribution in [1.82, 2.24) is 5.43 Å². The van der Waals surface area contributed by atoms with Gasteiger partial charge < -0.3 is 5.32 Å². The molecule has 106 valence electrons. The molecule has 0 bridgehead atoms. The number of amides is 2. The predicted molar refractivity (Wildman–Crippen MR) is 71.3 cm³/mol. The Kier molecular flexibility index (Phi) is 3.90. The molecule has 1 heterocycles. The highest BCUT2D eigenvalue weighted by atomic mass is 16.6. The van der Waals surface area contributed by atoms with Gasteiger partial charge in [-0.15, -0.1) is 0 Å². The Hall–Kier alpha value is -3.28. The maximum Gasteiger partial charge on any atom is 0.294 e. The van der Waals surface area contributed by atoms with Gasteiger partial charge in [0.1, 0.15) is 11.4 Å². The molecule has 0 fully saturated rings. The van der Waals surface area contributed by atoms with E-state index in [4.69, 9.17) is 5.26 Å². The molecule has 2 amide bonds. The number of nitrogens with one attached hydrogen (secondary N) is 2. The van der Waals surface area contributed by atoms with Crippen LogP contribution in [0.5, 0.6) is 0 Å². The van der Waals surface area contributed by atoms with E-state index in [-0.39, 0.29) is 41.4 Å². The van der Waals surface area contributed by atoms with Crippen LogP contribution in [0.25, 0.3) is 0 Å². The van der Waals surface area contributed by atoms with Crippen LogP contribution >= 0.6 is 0 Å². The molecule has 0 aromatic heterocycles. The number of carbonyl (C=O) groups excluding carboxylic acids is 2. The lowest BCUT2D eigenvalue weighted by Crippen LogP contribution is -2.32. The second-order valence-electron chi connectivity index (χ2n) is 4.15. The summed E-state index contributed by atoms with van der Waals surface area (Å²) in [6.45, 7) is 0. The number of nitrogens with zero attached hydrogens (tertiary/aromatic N) is 3. The molecule has 0 saturated heterocycles. The molecule has 0 aliphatic carbocycles. The summed E-state index contributed by atoms with van der Waals surface area (Å²) in [5, 5.41) is 25.6. The summed E-state index contributed by atoms with van der Waals surface area (Å²) < 4.78 is 0. The third kappa shape index (κ3) is 3.19. The third-order valence-corrected chi connectivity index (χ3v) is 2.74. The minimum absolute atomic E-state index is 0.0383. The van der Waals surface area contributed by atoms with Crippen molar-refractivity contribution in [3.63, 3.8) is 0 Å². The Balaban J connectivity index is 2.23. The molecule has 21 heavy (non-hydrogen) atoms. The average molecular weight is 287 g/mol. The summed E-state index contributed by atoms with van der Waals surface area (Å²) in [5.74, 6) is -0.932. The number of nitro groups is 1. The largest absolute Gasteiger partial charge is 0.315 e. The second kappa shape index (κ2) is 5.79. The molecule has 1 aromatic rings. The fraction of sp³-hybridized carbons (Fsp3) is 0.167. The van der Waals surface area contributed by atoms with Crippen molar-refractivity contribution in [1.29, 1.82) is 5.26 Å². The van der Waals surface area contributed by atoms with Crippen molar-refractivity contribution in [2.24, 2.45) is 5.10 Å². The Labute approximate surface area is 118 Å². The topological polar surface area (TPSA) is 137 Å². The summed E-state index contributed by atoms with van der Waals surface area (Å²) in [6.07, 6.45) is 0.281. The van der Waals surface area contributed by atoms with Crippen LogP contribution in [0.4, 0.5) is 11.4 Å². The molecule has 2 N–H and O–H groups in total. The summed E-state index contributed by atoms with van der Waals surface area (Å²) in [4.78, 5) is 33.1. The Morgan fingerprint density at radius 2 is 2.24 bits per heavy atom. The molecule has 0 unspecified atom stereocenters. The molecule has 1 aromatic carbocycles. The molecule has 0 saturated carbocycles. The first-order valence-electron chi connectivity index (χ1n) is 5.86. The second-order valence-corrected chi connectivity index (χ2v) is 4.15. The number of anilines is 1. The first kappa shape index (κ1) is 14.1. The van der Waals surface area contributed by atoms with Crippen LogP contribution < -0.4 is 10.7 Å². The van der Waals surface area contributed by atoms with E-state index in [1.54, 1.807) is 6.07 Å². The van der Waals surface area contributed by atoms with E-state index in [2.05, 4.69) is 15.8 Å². The number of hydrazone groups is 1.